The lowest BCUT2D eigenvalue weighted by atomic mass is 10.2. The molecule has 0 saturated carbocycles. The summed E-state index contributed by atoms with van der Waals surface area (Å²) in [7, 11) is 0. The van der Waals surface area contributed by atoms with E-state index in [0.29, 0.717) is 16.3 Å². The Morgan fingerprint density at radius 2 is 1.83 bits per heavy atom. The van der Waals surface area contributed by atoms with Crippen LogP contribution >= 0.6 is 11.6 Å². The molecule has 0 aromatic heterocycles. The van der Waals surface area contributed by atoms with E-state index in [0.717, 1.165) is 11.3 Å². The predicted molar refractivity (Wildman–Crippen MR) is 75.0 cm³/mol. The van der Waals surface area contributed by atoms with Gasteiger partial charge in [0.15, 0.2) is 0 Å². The third kappa shape index (κ3) is 2.81. The van der Waals surface area contributed by atoms with Crippen LogP contribution in [-0.4, -0.2) is 5.91 Å². The molecule has 0 heterocycles. The number of benzene rings is 2. The van der Waals surface area contributed by atoms with Gasteiger partial charge < -0.3 is 11.1 Å². The maximum Gasteiger partial charge on any atom is 0.255 e. The van der Waals surface area contributed by atoms with E-state index in [1.807, 2.05) is 31.2 Å². The largest absolute Gasteiger partial charge is 0.398 e. The van der Waals surface area contributed by atoms with Crippen LogP contribution in [0.25, 0.3) is 0 Å². The van der Waals surface area contributed by atoms with Crippen molar-refractivity contribution < 1.29 is 4.79 Å². The third-order valence-corrected chi connectivity index (χ3v) is 2.90. The van der Waals surface area contributed by atoms with E-state index in [2.05, 4.69) is 5.32 Å². The molecular formula is C14H13ClN2O. The average molecular weight is 261 g/mol. The second-order valence-corrected chi connectivity index (χ2v) is 4.46. The van der Waals surface area contributed by atoms with Gasteiger partial charge in [0.05, 0.1) is 10.7 Å². The number of carbonyl (C=O) groups excluding carboxylic acids is 1. The van der Waals surface area contributed by atoms with Crippen molar-refractivity contribution in [1.82, 2.24) is 0 Å². The molecule has 0 saturated heterocycles. The fraction of sp³-hybridized carbons (Fsp3) is 0.0714. The predicted octanol–water partition coefficient (Wildman–Crippen LogP) is 3.48. The van der Waals surface area contributed by atoms with Crippen LogP contribution in [0.4, 0.5) is 11.4 Å². The second kappa shape index (κ2) is 5.10. The van der Waals surface area contributed by atoms with E-state index in [1.54, 1.807) is 18.2 Å². The Labute approximate surface area is 111 Å². The minimum Gasteiger partial charge on any atom is -0.398 e. The molecule has 92 valence electrons. The Kier molecular flexibility index (Phi) is 3.53. The molecule has 0 spiro atoms. The lowest BCUT2D eigenvalue weighted by molar-refractivity contribution is 0.102. The average Bonchev–Trinajstić information content (AvgIpc) is 2.35. The Morgan fingerprint density at radius 1 is 1.17 bits per heavy atom. The quantitative estimate of drug-likeness (QED) is 0.812. The molecule has 0 aliphatic heterocycles. The first-order valence-corrected chi connectivity index (χ1v) is 5.87. The summed E-state index contributed by atoms with van der Waals surface area (Å²) >= 11 is 5.88. The van der Waals surface area contributed by atoms with Crippen molar-refractivity contribution >= 4 is 28.9 Å². The second-order valence-electron chi connectivity index (χ2n) is 4.06. The molecule has 2 aromatic rings. The summed E-state index contributed by atoms with van der Waals surface area (Å²) in [6.45, 7) is 1.99. The molecule has 2 rings (SSSR count). The molecule has 0 radical (unpaired) electrons. The van der Waals surface area contributed by atoms with Gasteiger partial charge in [-0.25, -0.2) is 0 Å². The molecule has 0 bridgehead atoms. The molecule has 0 atom stereocenters. The third-order valence-electron chi connectivity index (χ3n) is 2.57. The number of amides is 1. The topological polar surface area (TPSA) is 55.1 Å². The summed E-state index contributed by atoms with van der Waals surface area (Å²) in [5.41, 5.74) is 8.43. The fourth-order valence-corrected chi connectivity index (χ4v) is 1.69. The first-order valence-electron chi connectivity index (χ1n) is 5.49. The van der Waals surface area contributed by atoms with Gasteiger partial charge in [0.25, 0.3) is 5.91 Å². The summed E-state index contributed by atoms with van der Waals surface area (Å²) < 4.78 is 0. The van der Waals surface area contributed by atoms with Crippen LogP contribution < -0.4 is 11.1 Å². The van der Waals surface area contributed by atoms with Gasteiger partial charge in [0, 0.05) is 11.3 Å². The monoisotopic (exact) mass is 260 g/mol. The van der Waals surface area contributed by atoms with E-state index in [4.69, 9.17) is 17.3 Å². The highest BCUT2D eigenvalue weighted by molar-refractivity contribution is 6.33. The van der Waals surface area contributed by atoms with Gasteiger partial charge in [-0.3, -0.25) is 4.79 Å². The fourth-order valence-electron chi connectivity index (χ4n) is 1.51. The van der Waals surface area contributed by atoms with E-state index < -0.39 is 0 Å². The van der Waals surface area contributed by atoms with Crippen molar-refractivity contribution in [1.29, 1.82) is 0 Å². The van der Waals surface area contributed by atoms with Crippen LogP contribution in [0.15, 0.2) is 42.5 Å². The Hall–Kier alpha value is -2.00. The first kappa shape index (κ1) is 12.5. The number of aryl methyl sites for hydroxylation is 1. The van der Waals surface area contributed by atoms with Gasteiger partial charge >= 0.3 is 0 Å². The Morgan fingerprint density at radius 3 is 2.44 bits per heavy atom. The van der Waals surface area contributed by atoms with Crippen LogP contribution in [0.5, 0.6) is 0 Å². The summed E-state index contributed by atoms with van der Waals surface area (Å²) in [4.78, 5) is 12.0. The molecular weight excluding hydrogens is 248 g/mol. The maximum absolute atomic E-state index is 12.0. The number of carbonyl (C=O) groups is 1. The highest BCUT2D eigenvalue weighted by Gasteiger charge is 2.07. The summed E-state index contributed by atoms with van der Waals surface area (Å²) in [5, 5.41) is 3.17. The molecule has 18 heavy (non-hydrogen) atoms. The van der Waals surface area contributed by atoms with Crippen molar-refractivity contribution in [3.05, 3.63) is 58.6 Å². The molecule has 2 aromatic carbocycles. The normalized spacial score (nSPS) is 10.1. The van der Waals surface area contributed by atoms with Gasteiger partial charge in [-0.2, -0.15) is 0 Å². The Balaban J connectivity index is 2.16. The van der Waals surface area contributed by atoms with Crippen LogP contribution in [-0.2, 0) is 0 Å². The molecule has 3 N–H and O–H groups in total. The standard InChI is InChI=1S/C14H13ClN2O/c1-9-2-5-11(6-3-9)17-14(18)10-4-7-13(16)12(15)8-10/h2-8H,16H2,1H3,(H,17,18). The number of hydrogen-bond donors (Lipinski definition) is 2. The van der Waals surface area contributed by atoms with Crippen LogP contribution in [0.3, 0.4) is 0 Å². The first-order chi connectivity index (χ1) is 8.56. The number of hydrogen-bond acceptors (Lipinski definition) is 2. The molecule has 1 amide bonds. The van der Waals surface area contributed by atoms with Crippen LogP contribution in [0, 0.1) is 6.92 Å². The lowest BCUT2D eigenvalue weighted by Gasteiger charge is -2.06. The summed E-state index contributed by atoms with van der Waals surface area (Å²) in [6.07, 6.45) is 0. The molecule has 0 unspecified atom stereocenters. The van der Waals surface area contributed by atoms with Gasteiger partial charge in [-0.05, 0) is 37.3 Å². The number of halogens is 1. The number of nitrogen functional groups attached to an aromatic ring is 1. The molecule has 0 aliphatic rings. The highest BCUT2D eigenvalue weighted by Crippen LogP contribution is 2.20. The lowest BCUT2D eigenvalue weighted by Crippen LogP contribution is -2.11. The van der Waals surface area contributed by atoms with E-state index in [-0.39, 0.29) is 5.91 Å². The van der Waals surface area contributed by atoms with E-state index in [9.17, 15) is 4.79 Å². The molecule has 3 nitrogen and oxygen atoms in total. The van der Waals surface area contributed by atoms with E-state index in [1.165, 1.54) is 0 Å². The summed E-state index contributed by atoms with van der Waals surface area (Å²) in [6, 6.07) is 12.4. The highest BCUT2D eigenvalue weighted by atomic mass is 35.5. The Bertz CT molecular complexity index is 579. The van der Waals surface area contributed by atoms with Crippen molar-refractivity contribution in [3.63, 3.8) is 0 Å². The van der Waals surface area contributed by atoms with Gasteiger partial charge in [0.2, 0.25) is 0 Å². The maximum atomic E-state index is 12.0. The summed E-state index contributed by atoms with van der Waals surface area (Å²) in [5.74, 6) is -0.208. The molecule has 0 aliphatic carbocycles. The van der Waals surface area contributed by atoms with Crippen LogP contribution in [0.2, 0.25) is 5.02 Å². The van der Waals surface area contributed by atoms with Gasteiger partial charge in [0.1, 0.15) is 0 Å². The van der Waals surface area contributed by atoms with Crippen molar-refractivity contribution in [2.45, 2.75) is 6.92 Å². The molecule has 4 heteroatoms. The molecule has 0 fully saturated rings. The van der Waals surface area contributed by atoms with Gasteiger partial charge in [-0.1, -0.05) is 29.3 Å². The number of nitrogens with two attached hydrogens (primary N) is 1. The zero-order valence-corrected chi connectivity index (χ0v) is 10.7. The number of anilines is 2. The number of rotatable bonds is 2. The van der Waals surface area contributed by atoms with Crippen molar-refractivity contribution in [3.8, 4) is 0 Å². The minimum absolute atomic E-state index is 0.208. The van der Waals surface area contributed by atoms with Crippen molar-refractivity contribution in [2.24, 2.45) is 0 Å². The zero-order chi connectivity index (χ0) is 13.1. The van der Waals surface area contributed by atoms with E-state index >= 15 is 0 Å². The zero-order valence-electron chi connectivity index (χ0n) is 9.91. The van der Waals surface area contributed by atoms with Gasteiger partial charge in [-0.15, -0.1) is 0 Å². The van der Waals surface area contributed by atoms with Crippen LogP contribution in [0.1, 0.15) is 15.9 Å². The van der Waals surface area contributed by atoms with Crippen molar-refractivity contribution in [2.75, 3.05) is 11.1 Å². The number of nitrogens with one attached hydrogen (secondary N) is 1. The minimum atomic E-state index is -0.208. The smallest absolute Gasteiger partial charge is 0.255 e. The SMILES string of the molecule is Cc1ccc(NC(=O)c2ccc(N)c(Cl)c2)cc1.